The van der Waals surface area contributed by atoms with E-state index in [1.165, 1.54) is 0 Å². The third-order valence-electron chi connectivity index (χ3n) is 13.3. The van der Waals surface area contributed by atoms with Gasteiger partial charge in [-0.1, -0.05) is 241 Å². The van der Waals surface area contributed by atoms with Crippen molar-refractivity contribution < 1.29 is 75.8 Å². The molecule has 0 aliphatic heterocycles. The van der Waals surface area contributed by atoms with Crippen molar-refractivity contribution in [3.05, 3.63) is 194 Å². The first-order valence-electron chi connectivity index (χ1n) is 34.7. The summed E-state index contributed by atoms with van der Waals surface area (Å²) in [6.07, 6.45) is 87.9. The Bertz CT molecular complexity index is 2510. The van der Waals surface area contributed by atoms with Crippen LogP contribution in [-0.4, -0.2) is 95.9 Å². The van der Waals surface area contributed by atoms with Crippen LogP contribution >= 0.6 is 15.6 Å². The molecule has 0 aliphatic rings. The van der Waals surface area contributed by atoms with Gasteiger partial charge in [-0.15, -0.1) is 0 Å². The number of phosphoric ester groups is 2. The van der Waals surface area contributed by atoms with Crippen molar-refractivity contribution in [2.75, 3.05) is 39.6 Å². The number of allylic oxidation sites excluding steroid dienone is 32. The van der Waals surface area contributed by atoms with Crippen molar-refractivity contribution >= 4 is 33.6 Å². The van der Waals surface area contributed by atoms with E-state index in [2.05, 4.69) is 191 Å². The maximum atomic E-state index is 12.9. The fraction of sp³-hybridized carbons (Fsp3) is 0.545. The summed E-state index contributed by atoms with van der Waals surface area (Å²) in [4.78, 5) is 58.4. The minimum atomic E-state index is -4.96. The molecular formula is C77H120O16P2. The van der Waals surface area contributed by atoms with Crippen LogP contribution in [0, 0.1) is 0 Å². The van der Waals surface area contributed by atoms with Crippen LogP contribution in [-0.2, 0) is 55.8 Å². The first-order chi connectivity index (χ1) is 46.2. The Morgan fingerprint density at radius 2 is 0.537 bits per heavy atom. The van der Waals surface area contributed by atoms with Gasteiger partial charge in [0.05, 0.1) is 26.4 Å². The molecule has 0 aromatic heterocycles. The number of hydrogen-bond acceptors (Lipinski definition) is 14. The van der Waals surface area contributed by atoms with Gasteiger partial charge in [-0.3, -0.25) is 32.5 Å². The van der Waals surface area contributed by atoms with Crippen molar-refractivity contribution in [1.29, 1.82) is 0 Å². The van der Waals surface area contributed by atoms with E-state index < -0.39 is 91.5 Å². The molecule has 95 heavy (non-hydrogen) atoms. The van der Waals surface area contributed by atoms with Gasteiger partial charge >= 0.3 is 33.6 Å². The van der Waals surface area contributed by atoms with E-state index in [1.807, 2.05) is 24.3 Å². The fourth-order valence-electron chi connectivity index (χ4n) is 8.11. The van der Waals surface area contributed by atoms with Gasteiger partial charge in [0, 0.05) is 19.3 Å². The van der Waals surface area contributed by atoms with Gasteiger partial charge in [0.1, 0.15) is 25.4 Å². The summed E-state index contributed by atoms with van der Waals surface area (Å²) in [6.45, 7) is 2.12. The third-order valence-corrected chi connectivity index (χ3v) is 15.2. The van der Waals surface area contributed by atoms with Crippen molar-refractivity contribution in [3.8, 4) is 0 Å². The summed E-state index contributed by atoms with van der Waals surface area (Å²) in [5.74, 6) is -1.75. The second kappa shape index (κ2) is 68.3. The number of aliphatic hydroxyl groups is 2. The lowest BCUT2D eigenvalue weighted by Gasteiger charge is -2.21. The van der Waals surface area contributed by atoms with Crippen LogP contribution in [0.1, 0.15) is 213 Å². The van der Waals surface area contributed by atoms with Gasteiger partial charge in [0.15, 0.2) is 6.10 Å². The van der Waals surface area contributed by atoms with Crippen LogP contribution in [0.2, 0.25) is 0 Å². The van der Waals surface area contributed by atoms with Crippen molar-refractivity contribution in [1.82, 2.24) is 0 Å². The minimum Gasteiger partial charge on any atom is -0.463 e. The Kier molecular flexibility index (Phi) is 64.3. The first-order valence-corrected chi connectivity index (χ1v) is 37.7. The highest BCUT2D eigenvalue weighted by Crippen LogP contribution is 2.45. The highest BCUT2D eigenvalue weighted by atomic mass is 31.2. The average molecular weight is 1360 g/mol. The fourth-order valence-corrected chi connectivity index (χ4v) is 9.70. The monoisotopic (exact) mass is 1360 g/mol. The van der Waals surface area contributed by atoms with Gasteiger partial charge in [-0.05, 0) is 148 Å². The van der Waals surface area contributed by atoms with Crippen LogP contribution in [0.3, 0.4) is 0 Å². The van der Waals surface area contributed by atoms with E-state index in [9.17, 15) is 43.5 Å². The SMILES string of the molecule is CC/C=C\C/C=C\C/C=C\C/C=C\C/C=C\C/C=C\CCCCCCCCC(=O)OCC(O)COP(=O)(O)OCC(O)COP(=O)(O)OCC(COC(=O)CCC/C=C\C/C=C\C/C=C\C/C=C\C/C=C\CC)OC(=O)CCC/C=C\C/C=C\C/C=C\C/C=C\C/C=C\CC. The molecule has 0 aromatic carbocycles. The molecule has 534 valence electrons. The van der Waals surface area contributed by atoms with Crippen LogP contribution in [0.15, 0.2) is 194 Å². The lowest BCUT2D eigenvalue weighted by Crippen LogP contribution is -2.30. The quantitative estimate of drug-likeness (QED) is 0.0146. The molecule has 16 nitrogen and oxygen atoms in total. The van der Waals surface area contributed by atoms with E-state index in [0.29, 0.717) is 32.1 Å². The first kappa shape index (κ1) is 89.4. The summed E-state index contributed by atoms with van der Waals surface area (Å²) in [6, 6.07) is 0. The van der Waals surface area contributed by atoms with Gasteiger partial charge in [0.25, 0.3) is 0 Å². The zero-order chi connectivity index (χ0) is 69.5. The van der Waals surface area contributed by atoms with Crippen LogP contribution in [0.25, 0.3) is 0 Å². The predicted octanol–water partition coefficient (Wildman–Crippen LogP) is 19.6. The van der Waals surface area contributed by atoms with Gasteiger partial charge in [0.2, 0.25) is 0 Å². The largest absolute Gasteiger partial charge is 0.472 e. The normalized spacial score (nSPS) is 15.3. The number of ether oxygens (including phenoxy) is 3. The van der Waals surface area contributed by atoms with E-state index in [1.54, 1.807) is 0 Å². The molecule has 0 bridgehead atoms. The number of hydrogen-bond donors (Lipinski definition) is 4. The second-order valence-electron chi connectivity index (χ2n) is 22.2. The molecule has 0 radical (unpaired) electrons. The predicted molar refractivity (Wildman–Crippen MR) is 389 cm³/mol. The summed E-state index contributed by atoms with van der Waals surface area (Å²) in [5.41, 5.74) is 0. The molecule has 5 atom stereocenters. The average Bonchev–Trinajstić information content (AvgIpc) is 1.77. The number of unbranched alkanes of at least 4 members (excludes halogenated alkanes) is 8. The minimum absolute atomic E-state index is 0.00507. The maximum Gasteiger partial charge on any atom is 0.472 e. The van der Waals surface area contributed by atoms with Gasteiger partial charge in [-0.25, -0.2) is 9.13 Å². The number of carbonyl (C=O) groups is 3. The molecule has 0 fully saturated rings. The summed E-state index contributed by atoms with van der Waals surface area (Å²) < 4.78 is 60.8. The van der Waals surface area contributed by atoms with Gasteiger partial charge in [-0.2, -0.15) is 0 Å². The molecule has 0 saturated heterocycles. The zero-order valence-corrected chi connectivity index (χ0v) is 59.5. The maximum absolute atomic E-state index is 12.9. The number of phosphoric acid groups is 2. The van der Waals surface area contributed by atoms with Crippen molar-refractivity contribution in [2.24, 2.45) is 0 Å². The number of aliphatic hydroxyl groups excluding tert-OH is 2. The van der Waals surface area contributed by atoms with Crippen LogP contribution < -0.4 is 0 Å². The number of esters is 3. The third kappa shape index (κ3) is 69.6. The Morgan fingerprint density at radius 1 is 0.295 bits per heavy atom. The van der Waals surface area contributed by atoms with E-state index in [0.717, 1.165) is 141 Å². The molecule has 0 aliphatic carbocycles. The molecule has 0 spiro atoms. The molecule has 0 saturated carbocycles. The van der Waals surface area contributed by atoms with E-state index in [4.69, 9.17) is 32.3 Å². The van der Waals surface area contributed by atoms with E-state index in [-0.39, 0.29) is 19.3 Å². The van der Waals surface area contributed by atoms with Crippen molar-refractivity contribution in [2.45, 2.75) is 232 Å². The smallest absolute Gasteiger partial charge is 0.463 e. The Labute approximate surface area is 572 Å². The molecule has 0 rings (SSSR count). The van der Waals surface area contributed by atoms with Gasteiger partial charge < -0.3 is 34.2 Å². The number of rotatable bonds is 63. The lowest BCUT2D eigenvalue weighted by atomic mass is 10.1. The number of carbonyl (C=O) groups excluding carboxylic acids is 3. The lowest BCUT2D eigenvalue weighted by molar-refractivity contribution is -0.161. The second-order valence-corrected chi connectivity index (χ2v) is 25.1. The molecule has 5 unspecified atom stereocenters. The molecule has 0 aromatic rings. The highest BCUT2D eigenvalue weighted by Gasteiger charge is 2.29. The van der Waals surface area contributed by atoms with Crippen molar-refractivity contribution in [3.63, 3.8) is 0 Å². The molecular weight excluding hydrogens is 1240 g/mol. The van der Waals surface area contributed by atoms with Crippen LogP contribution in [0.4, 0.5) is 0 Å². The molecule has 0 heterocycles. The summed E-state index contributed by atoms with van der Waals surface area (Å²) in [7, 11) is -9.84. The Morgan fingerprint density at radius 3 is 0.874 bits per heavy atom. The zero-order valence-electron chi connectivity index (χ0n) is 57.7. The summed E-state index contributed by atoms with van der Waals surface area (Å²) in [5, 5.41) is 20.6. The topological polar surface area (TPSA) is 231 Å². The standard InChI is InChI=1S/C77H120O16P2/c1-4-7-10-13-16-19-22-25-28-31-32-33-34-35-36-37-38-41-43-45-48-51-54-57-60-63-75(80)87-66-72(78)67-89-94(83,84)90-68-73(79)69-91-95(85,86)92-71-74(93-77(82)65-62-59-56-53-50-47-44-40-30-27-24-21-18-15-12-9-6-3)70-88-76(81)64-61-58-55-52-49-46-42-39-29-26-23-20-17-14-11-8-5-2/h7-12,16-21,25-30,32-33,35-36,38,41-42,44,46-47,52-53,55-56,72-74,78-79H,4-6,13-15,22-24,31,34,37,39-40,43,45,48-51,54,57-71H2,1-3H3,(H,83,84)(H,85,86)/b10-7-,11-8-,12-9-,19-16-,20-17-,21-18-,28-25-,29-26-,30-27-,33-32-,36-35-,41-38-,46-42-,47-44-,55-52-,56-53-. The molecule has 0 amide bonds. The Balaban J connectivity index is 4.75. The Hall–Kier alpha value is -5.61. The summed E-state index contributed by atoms with van der Waals surface area (Å²) >= 11 is 0. The van der Waals surface area contributed by atoms with E-state index >= 15 is 0 Å². The molecule has 4 N–H and O–H groups in total. The molecule has 18 heteroatoms. The highest BCUT2D eigenvalue weighted by molar-refractivity contribution is 7.47. The van der Waals surface area contributed by atoms with Crippen LogP contribution in [0.5, 0.6) is 0 Å².